The highest BCUT2D eigenvalue weighted by Crippen LogP contribution is 2.15. The van der Waals surface area contributed by atoms with Gasteiger partial charge in [0.25, 0.3) is 0 Å². The highest BCUT2D eigenvalue weighted by atomic mass is 15.3. The van der Waals surface area contributed by atoms with E-state index in [0.29, 0.717) is 11.7 Å². The summed E-state index contributed by atoms with van der Waals surface area (Å²) >= 11 is 0. The highest BCUT2D eigenvalue weighted by Gasteiger charge is 2.14. The van der Waals surface area contributed by atoms with E-state index in [2.05, 4.69) is 37.0 Å². The van der Waals surface area contributed by atoms with Gasteiger partial charge in [-0.05, 0) is 34.7 Å². The van der Waals surface area contributed by atoms with Crippen molar-refractivity contribution in [2.45, 2.75) is 46.3 Å². The molecule has 4 heteroatoms. The van der Waals surface area contributed by atoms with Gasteiger partial charge in [0.05, 0.1) is 6.20 Å². The second kappa shape index (κ2) is 5.13. The Hall–Kier alpha value is -1.34. The fraction of sp³-hybridized carbons (Fsp3) is 0.667. The minimum atomic E-state index is 0.229. The molecule has 4 nitrogen and oxygen atoms in total. The van der Waals surface area contributed by atoms with Crippen LogP contribution in [0.15, 0.2) is 6.20 Å². The molecule has 16 heavy (non-hydrogen) atoms. The Bertz CT molecular complexity index is 384. The number of hydrogen-bond acceptors (Lipinski definition) is 3. The van der Waals surface area contributed by atoms with Crippen molar-refractivity contribution < 1.29 is 0 Å². The van der Waals surface area contributed by atoms with Gasteiger partial charge in [-0.15, -0.1) is 0 Å². The average molecular weight is 220 g/mol. The maximum absolute atomic E-state index is 9.16. The fourth-order valence-electron chi connectivity index (χ4n) is 1.48. The van der Waals surface area contributed by atoms with Crippen LogP contribution in [0.2, 0.25) is 0 Å². The Morgan fingerprint density at radius 3 is 2.50 bits per heavy atom. The summed E-state index contributed by atoms with van der Waals surface area (Å²) in [5.41, 5.74) is 1.69. The van der Waals surface area contributed by atoms with Crippen molar-refractivity contribution in [2.75, 3.05) is 7.05 Å². The number of nitrogens with zero attached hydrogens (tertiary/aromatic N) is 4. The second-order valence-corrected chi connectivity index (χ2v) is 4.68. The van der Waals surface area contributed by atoms with Gasteiger partial charge in [0.1, 0.15) is 11.8 Å². The van der Waals surface area contributed by atoms with E-state index in [1.54, 1.807) is 10.9 Å². The van der Waals surface area contributed by atoms with Crippen LogP contribution in [0.4, 0.5) is 0 Å². The first kappa shape index (κ1) is 12.7. The Morgan fingerprint density at radius 2 is 2.06 bits per heavy atom. The number of nitriles is 1. The quantitative estimate of drug-likeness (QED) is 0.781. The Morgan fingerprint density at radius 1 is 1.44 bits per heavy atom. The molecular formula is C12H20N4. The van der Waals surface area contributed by atoms with Gasteiger partial charge >= 0.3 is 0 Å². The zero-order valence-corrected chi connectivity index (χ0v) is 10.7. The molecule has 0 N–H and O–H groups in total. The van der Waals surface area contributed by atoms with Crippen LogP contribution in [0.25, 0.3) is 0 Å². The van der Waals surface area contributed by atoms with E-state index < -0.39 is 0 Å². The first-order valence-electron chi connectivity index (χ1n) is 5.64. The van der Waals surface area contributed by atoms with Gasteiger partial charge in [0.2, 0.25) is 0 Å². The second-order valence-electron chi connectivity index (χ2n) is 4.68. The van der Waals surface area contributed by atoms with Crippen LogP contribution in [-0.4, -0.2) is 27.8 Å². The van der Waals surface area contributed by atoms with Gasteiger partial charge in [-0.3, -0.25) is 9.58 Å². The van der Waals surface area contributed by atoms with Crippen LogP contribution in [0.3, 0.4) is 0 Å². The molecule has 0 spiro atoms. The Kier molecular flexibility index (Phi) is 4.08. The highest BCUT2D eigenvalue weighted by molar-refractivity contribution is 5.30. The van der Waals surface area contributed by atoms with Crippen molar-refractivity contribution in [3.63, 3.8) is 0 Å². The summed E-state index contributed by atoms with van der Waals surface area (Å²) in [6.07, 6.45) is 1.80. The van der Waals surface area contributed by atoms with E-state index in [1.807, 2.05) is 13.8 Å². The maximum Gasteiger partial charge on any atom is 0.143 e. The summed E-state index contributed by atoms with van der Waals surface area (Å²) in [5, 5.41) is 13.4. The Labute approximate surface area is 97.5 Å². The number of aromatic nitrogens is 2. The van der Waals surface area contributed by atoms with Crippen LogP contribution in [0, 0.1) is 11.3 Å². The van der Waals surface area contributed by atoms with Crippen LogP contribution < -0.4 is 0 Å². The van der Waals surface area contributed by atoms with Crippen molar-refractivity contribution in [1.29, 1.82) is 5.26 Å². The molecule has 1 heterocycles. The van der Waals surface area contributed by atoms with Gasteiger partial charge in [-0.1, -0.05) is 0 Å². The van der Waals surface area contributed by atoms with Crippen LogP contribution in [0.5, 0.6) is 0 Å². The molecule has 0 amide bonds. The molecular weight excluding hydrogens is 200 g/mol. The van der Waals surface area contributed by atoms with Gasteiger partial charge in [0, 0.05) is 24.2 Å². The molecule has 0 fully saturated rings. The lowest BCUT2D eigenvalue weighted by Crippen LogP contribution is -2.25. The summed E-state index contributed by atoms with van der Waals surface area (Å²) < 4.78 is 1.78. The van der Waals surface area contributed by atoms with Gasteiger partial charge in [-0.2, -0.15) is 10.4 Å². The van der Waals surface area contributed by atoms with Gasteiger partial charge < -0.3 is 0 Å². The molecule has 0 atom stereocenters. The first-order valence-corrected chi connectivity index (χ1v) is 5.64. The van der Waals surface area contributed by atoms with Crippen molar-refractivity contribution in [3.8, 4) is 6.07 Å². The van der Waals surface area contributed by atoms with E-state index in [4.69, 9.17) is 5.26 Å². The predicted molar refractivity (Wildman–Crippen MR) is 63.9 cm³/mol. The molecule has 0 aliphatic heterocycles. The van der Waals surface area contributed by atoms with E-state index in [0.717, 1.165) is 12.1 Å². The normalized spacial score (nSPS) is 11.4. The zero-order chi connectivity index (χ0) is 12.3. The molecule has 0 aliphatic carbocycles. The van der Waals surface area contributed by atoms with Crippen molar-refractivity contribution in [2.24, 2.45) is 0 Å². The van der Waals surface area contributed by atoms with Gasteiger partial charge in [0.15, 0.2) is 0 Å². The Balaban J connectivity index is 2.94. The molecule has 0 aliphatic rings. The predicted octanol–water partition coefficient (Wildman–Crippen LogP) is 2.18. The largest absolute Gasteiger partial charge is 0.300 e. The van der Waals surface area contributed by atoms with E-state index in [1.165, 1.54) is 0 Å². The van der Waals surface area contributed by atoms with Crippen LogP contribution >= 0.6 is 0 Å². The van der Waals surface area contributed by atoms with E-state index >= 15 is 0 Å². The maximum atomic E-state index is 9.16. The van der Waals surface area contributed by atoms with Crippen molar-refractivity contribution in [1.82, 2.24) is 14.7 Å². The number of hydrogen-bond donors (Lipinski definition) is 0. The topological polar surface area (TPSA) is 44.9 Å². The summed E-state index contributed by atoms with van der Waals surface area (Å²) in [5.74, 6) is 0. The minimum absolute atomic E-state index is 0.229. The average Bonchev–Trinajstić information content (AvgIpc) is 2.60. The molecule has 0 saturated heterocycles. The monoisotopic (exact) mass is 220 g/mol. The van der Waals surface area contributed by atoms with Gasteiger partial charge in [-0.25, -0.2) is 0 Å². The molecule has 88 valence electrons. The molecule has 0 aromatic carbocycles. The van der Waals surface area contributed by atoms with Crippen LogP contribution in [-0.2, 0) is 6.54 Å². The smallest absolute Gasteiger partial charge is 0.143 e. The fourth-order valence-corrected chi connectivity index (χ4v) is 1.48. The SMILES string of the molecule is CC(C)N(C)Cc1cnn(C(C)C)c1C#N. The lowest BCUT2D eigenvalue weighted by molar-refractivity contribution is 0.265. The lowest BCUT2D eigenvalue weighted by Gasteiger charge is -2.20. The summed E-state index contributed by atoms with van der Waals surface area (Å²) in [4.78, 5) is 2.20. The van der Waals surface area contributed by atoms with E-state index in [9.17, 15) is 0 Å². The van der Waals surface area contributed by atoms with E-state index in [-0.39, 0.29) is 6.04 Å². The molecule has 0 bridgehead atoms. The first-order chi connectivity index (χ1) is 7.47. The third kappa shape index (κ3) is 2.61. The molecule has 1 aromatic rings. The summed E-state index contributed by atoms with van der Waals surface area (Å²) in [6, 6.07) is 2.94. The van der Waals surface area contributed by atoms with Crippen LogP contribution in [0.1, 0.15) is 45.0 Å². The number of rotatable bonds is 4. The molecule has 0 radical (unpaired) electrons. The zero-order valence-electron chi connectivity index (χ0n) is 10.7. The minimum Gasteiger partial charge on any atom is -0.300 e. The van der Waals surface area contributed by atoms with Crippen molar-refractivity contribution in [3.05, 3.63) is 17.5 Å². The van der Waals surface area contributed by atoms with Crippen molar-refractivity contribution >= 4 is 0 Å². The summed E-state index contributed by atoms with van der Waals surface area (Å²) in [6.45, 7) is 9.11. The summed E-state index contributed by atoms with van der Waals surface area (Å²) in [7, 11) is 2.05. The third-order valence-corrected chi connectivity index (χ3v) is 2.77. The third-order valence-electron chi connectivity index (χ3n) is 2.77. The lowest BCUT2D eigenvalue weighted by atomic mass is 10.2. The molecule has 0 unspecified atom stereocenters. The molecule has 0 saturated carbocycles. The molecule has 1 rings (SSSR count). The molecule has 1 aromatic heterocycles. The standard InChI is InChI=1S/C12H20N4/c1-9(2)15(5)8-11-7-14-16(10(3)4)12(11)6-13/h7,9-10H,8H2,1-5H3.